The maximum Gasteiger partial charge on any atom is 0.224 e. The van der Waals surface area contributed by atoms with Crippen LogP contribution in [0.2, 0.25) is 0 Å². The zero-order valence-electron chi connectivity index (χ0n) is 9.47. The monoisotopic (exact) mass is 261 g/mol. The van der Waals surface area contributed by atoms with Crippen molar-refractivity contribution in [1.29, 1.82) is 0 Å². The fourth-order valence-corrected chi connectivity index (χ4v) is 1.75. The molecule has 2 nitrogen and oxygen atoms in total. The van der Waals surface area contributed by atoms with Gasteiger partial charge in [0.2, 0.25) is 5.91 Å². The highest BCUT2D eigenvalue weighted by atomic mass is 35.5. The second kappa shape index (κ2) is 6.55. The van der Waals surface area contributed by atoms with Gasteiger partial charge in [-0.05, 0) is 25.5 Å². The average molecular weight is 262 g/mol. The van der Waals surface area contributed by atoms with Gasteiger partial charge >= 0.3 is 0 Å². The Morgan fingerprint density at radius 1 is 1.41 bits per heavy atom. The van der Waals surface area contributed by atoms with E-state index in [9.17, 15) is 13.6 Å². The van der Waals surface area contributed by atoms with Crippen molar-refractivity contribution in [2.45, 2.75) is 25.8 Å². The number of benzene rings is 1. The summed E-state index contributed by atoms with van der Waals surface area (Å²) in [6.07, 6.45) is 0.318. The van der Waals surface area contributed by atoms with E-state index in [2.05, 4.69) is 5.32 Å². The van der Waals surface area contributed by atoms with Crippen LogP contribution in [-0.2, 0) is 11.2 Å². The zero-order chi connectivity index (χ0) is 12.8. The first-order valence-corrected chi connectivity index (χ1v) is 5.86. The third-order valence-electron chi connectivity index (χ3n) is 2.35. The number of alkyl halides is 1. The lowest BCUT2D eigenvalue weighted by Crippen LogP contribution is -2.34. The summed E-state index contributed by atoms with van der Waals surface area (Å²) in [5.41, 5.74) is -0.205. The van der Waals surface area contributed by atoms with Gasteiger partial charge in [-0.2, -0.15) is 0 Å². The largest absolute Gasteiger partial charge is 0.353 e. The van der Waals surface area contributed by atoms with E-state index in [4.69, 9.17) is 11.6 Å². The summed E-state index contributed by atoms with van der Waals surface area (Å²) < 4.78 is 26.5. The van der Waals surface area contributed by atoms with Gasteiger partial charge in [0, 0.05) is 17.5 Å². The highest BCUT2D eigenvalue weighted by Gasteiger charge is 2.14. The van der Waals surface area contributed by atoms with Gasteiger partial charge in [-0.15, -0.1) is 11.6 Å². The molecule has 0 fully saturated rings. The molecule has 0 bridgehead atoms. The molecule has 94 valence electrons. The minimum atomic E-state index is -0.704. The van der Waals surface area contributed by atoms with Gasteiger partial charge in [0.15, 0.2) is 0 Å². The molecule has 0 spiro atoms. The fraction of sp³-hybridized carbons (Fsp3) is 0.417. The van der Waals surface area contributed by atoms with Crippen LogP contribution in [0.4, 0.5) is 8.78 Å². The average Bonchev–Trinajstić information content (AvgIpc) is 2.24. The normalized spacial score (nSPS) is 12.2. The number of hydrogen-bond acceptors (Lipinski definition) is 1. The van der Waals surface area contributed by atoms with E-state index >= 15 is 0 Å². The van der Waals surface area contributed by atoms with Gasteiger partial charge < -0.3 is 5.32 Å². The molecule has 0 heterocycles. The molecule has 0 saturated heterocycles. The van der Waals surface area contributed by atoms with Gasteiger partial charge in [-0.3, -0.25) is 4.79 Å². The Balaban J connectivity index is 2.62. The molecule has 17 heavy (non-hydrogen) atoms. The van der Waals surface area contributed by atoms with Crippen LogP contribution < -0.4 is 5.32 Å². The topological polar surface area (TPSA) is 29.1 Å². The number of carbonyl (C=O) groups excluding carboxylic acids is 1. The second-order valence-electron chi connectivity index (χ2n) is 3.82. The van der Waals surface area contributed by atoms with Crippen molar-refractivity contribution in [2.24, 2.45) is 0 Å². The number of nitrogens with one attached hydrogen (secondary N) is 1. The standard InChI is InChI=1S/C12H14ClF2NO/c1-8(5-6-13)16-12(17)7-9-10(14)3-2-4-11(9)15/h2-4,8H,5-7H2,1H3,(H,16,17). The number of hydrogen-bond donors (Lipinski definition) is 1. The van der Waals surface area contributed by atoms with Crippen LogP contribution in [0.5, 0.6) is 0 Å². The van der Waals surface area contributed by atoms with E-state index in [1.807, 2.05) is 0 Å². The van der Waals surface area contributed by atoms with E-state index in [0.29, 0.717) is 12.3 Å². The smallest absolute Gasteiger partial charge is 0.224 e. The first-order valence-electron chi connectivity index (χ1n) is 5.32. The SMILES string of the molecule is CC(CCCl)NC(=O)Cc1c(F)cccc1F. The Labute approximate surface area is 104 Å². The van der Waals surface area contributed by atoms with Crippen molar-refractivity contribution in [3.63, 3.8) is 0 Å². The highest BCUT2D eigenvalue weighted by Crippen LogP contribution is 2.12. The van der Waals surface area contributed by atoms with E-state index in [1.54, 1.807) is 6.92 Å². The van der Waals surface area contributed by atoms with Crippen LogP contribution in [0.3, 0.4) is 0 Å². The summed E-state index contributed by atoms with van der Waals surface area (Å²) in [5.74, 6) is -1.39. The van der Waals surface area contributed by atoms with Crippen LogP contribution >= 0.6 is 11.6 Å². The number of rotatable bonds is 5. The van der Waals surface area contributed by atoms with Crippen LogP contribution in [-0.4, -0.2) is 17.8 Å². The summed E-state index contributed by atoms with van der Waals surface area (Å²) in [6, 6.07) is 3.43. The highest BCUT2D eigenvalue weighted by molar-refractivity contribution is 6.17. The third-order valence-corrected chi connectivity index (χ3v) is 2.57. The van der Waals surface area contributed by atoms with Crippen LogP contribution in [0.1, 0.15) is 18.9 Å². The van der Waals surface area contributed by atoms with E-state index in [1.165, 1.54) is 6.07 Å². The van der Waals surface area contributed by atoms with Gasteiger partial charge in [-0.25, -0.2) is 8.78 Å². The Bertz CT molecular complexity index is 378. The van der Waals surface area contributed by atoms with Gasteiger partial charge in [0.25, 0.3) is 0 Å². The molecule has 1 atom stereocenters. The maximum absolute atomic E-state index is 13.3. The quantitative estimate of drug-likeness (QED) is 0.811. The summed E-state index contributed by atoms with van der Waals surface area (Å²) in [7, 11) is 0. The summed E-state index contributed by atoms with van der Waals surface area (Å²) in [6.45, 7) is 1.79. The maximum atomic E-state index is 13.3. The van der Waals surface area contributed by atoms with Crippen molar-refractivity contribution in [3.8, 4) is 0 Å². The van der Waals surface area contributed by atoms with Gasteiger partial charge in [-0.1, -0.05) is 6.07 Å². The molecule has 5 heteroatoms. The lowest BCUT2D eigenvalue weighted by atomic mass is 10.1. The van der Waals surface area contributed by atoms with Crippen molar-refractivity contribution < 1.29 is 13.6 Å². The molecular weight excluding hydrogens is 248 g/mol. The fourth-order valence-electron chi connectivity index (χ4n) is 1.42. The molecule has 0 saturated carbocycles. The van der Waals surface area contributed by atoms with Gasteiger partial charge in [0.1, 0.15) is 11.6 Å². The summed E-state index contributed by atoms with van der Waals surface area (Å²) >= 11 is 5.52. The predicted molar refractivity (Wildman–Crippen MR) is 63.0 cm³/mol. The number of amides is 1. The van der Waals surface area contributed by atoms with Crippen LogP contribution in [0.15, 0.2) is 18.2 Å². The molecule has 1 unspecified atom stereocenters. The van der Waals surface area contributed by atoms with Crippen molar-refractivity contribution >= 4 is 17.5 Å². The first kappa shape index (κ1) is 13.9. The molecular formula is C12H14ClF2NO. The van der Waals surface area contributed by atoms with Crippen molar-refractivity contribution in [3.05, 3.63) is 35.4 Å². The summed E-state index contributed by atoms with van der Waals surface area (Å²) in [4.78, 5) is 11.5. The molecule has 1 amide bonds. The zero-order valence-corrected chi connectivity index (χ0v) is 10.2. The second-order valence-corrected chi connectivity index (χ2v) is 4.20. The minimum Gasteiger partial charge on any atom is -0.353 e. The molecule has 0 aliphatic carbocycles. The molecule has 1 rings (SSSR count). The number of halogens is 3. The van der Waals surface area contributed by atoms with E-state index in [-0.39, 0.29) is 18.0 Å². The Morgan fingerprint density at radius 3 is 2.53 bits per heavy atom. The molecule has 0 aliphatic heterocycles. The van der Waals surface area contributed by atoms with Crippen molar-refractivity contribution in [1.82, 2.24) is 5.32 Å². The Morgan fingerprint density at radius 2 is 2.00 bits per heavy atom. The Hall–Kier alpha value is -1.16. The third kappa shape index (κ3) is 4.30. The lowest BCUT2D eigenvalue weighted by molar-refractivity contribution is -0.121. The van der Waals surface area contributed by atoms with Crippen LogP contribution in [0.25, 0.3) is 0 Å². The Kier molecular flexibility index (Phi) is 5.35. The number of carbonyl (C=O) groups is 1. The van der Waals surface area contributed by atoms with E-state index < -0.39 is 17.5 Å². The van der Waals surface area contributed by atoms with Crippen LogP contribution in [0, 0.1) is 11.6 Å². The van der Waals surface area contributed by atoms with Gasteiger partial charge in [0.05, 0.1) is 6.42 Å². The molecule has 1 aromatic carbocycles. The minimum absolute atomic E-state index is 0.102. The molecule has 1 aromatic rings. The molecule has 1 N–H and O–H groups in total. The molecule has 0 aromatic heterocycles. The molecule has 0 radical (unpaired) electrons. The predicted octanol–water partition coefficient (Wildman–Crippen LogP) is 2.64. The van der Waals surface area contributed by atoms with E-state index in [0.717, 1.165) is 12.1 Å². The summed E-state index contributed by atoms with van der Waals surface area (Å²) in [5, 5.41) is 2.63. The molecule has 0 aliphatic rings. The van der Waals surface area contributed by atoms with Crippen molar-refractivity contribution in [2.75, 3.05) is 5.88 Å². The first-order chi connectivity index (χ1) is 8.04. The lowest BCUT2D eigenvalue weighted by Gasteiger charge is -2.12.